The third-order valence-corrected chi connectivity index (χ3v) is 6.68. The van der Waals surface area contributed by atoms with Gasteiger partial charge in [0.25, 0.3) is 5.91 Å². The summed E-state index contributed by atoms with van der Waals surface area (Å²) in [6.07, 6.45) is 10.3. The lowest BCUT2D eigenvalue weighted by Crippen LogP contribution is -2.70. The number of carbonyl (C=O) groups excluding carboxylic acids is 2. The molecule has 2 aromatic rings. The molecule has 1 atom stereocenters. The third-order valence-electron chi connectivity index (χ3n) is 6.68. The van der Waals surface area contributed by atoms with Gasteiger partial charge in [-0.25, -0.2) is 0 Å². The summed E-state index contributed by atoms with van der Waals surface area (Å²) in [6.45, 7) is 2.10. The summed E-state index contributed by atoms with van der Waals surface area (Å²) in [7, 11) is 1.63. The molecule has 0 unspecified atom stereocenters. The summed E-state index contributed by atoms with van der Waals surface area (Å²) in [4.78, 5) is 28.1. The van der Waals surface area contributed by atoms with Crippen molar-refractivity contribution < 1.29 is 14.3 Å². The number of methoxy groups -OCH3 is 1. The molecule has 1 aliphatic heterocycles. The Morgan fingerprint density at radius 2 is 1.84 bits per heavy atom. The van der Waals surface area contributed by atoms with E-state index >= 15 is 0 Å². The summed E-state index contributed by atoms with van der Waals surface area (Å²) in [5.41, 5.74) is 1.79. The Balaban J connectivity index is 1.69. The number of hydrogen-bond donors (Lipinski definition) is 1. The molecule has 0 bridgehead atoms. The SMILES string of the molecule is CCc1ccc(N2C(=O)C[C@@]2(/C=C/c2ccccc2OC)C(=O)NC2CCCCC2)cc1. The summed E-state index contributed by atoms with van der Waals surface area (Å²) < 4.78 is 5.47. The molecule has 0 aromatic heterocycles. The highest BCUT2D eigenvalue weighted by molar-refractivity contribution is 6.15. The van der Waals surface area contributed by atoms with Crippen LogP contribution in [0.4, 0.5) is 5.69 Å². The second-order valence-electron chi connectivity index (χ2n) is 8.73. The van der Waals surface area contributed by atoms with Gasteiger partial charge in [-0.2, -0.15) is 0 Å². The van der Waals surface area contributed by atoms with Crippen molar-refractivity contribution in [1.29, 1.82) is 0 Å². The van der Waals surface area contributed by atoms with Crippen LogP contribution < -0.4 is 15.0 Å². The maximum absolute atomic E-state index is 13.7. The summed E-state index contributed by atoms with van der Waals surface area (Å²) in [5.74, 6) is 0.587. The molecule has 5 nitrogen and oxygen atoms in total. The molecule has 1 aliphatic carbocycles. The van der Waals surface area contributed by atoms with Crippen LogP contribution in [0.25, 0.3) is 6.08 Å². The fraction of sp³-hybridized carbons (Fsp3) is 0.407. The van der Waals surface area contributed by atoms with Crippen LogP contribution in [0.15, 0.2) is 54.6 Å². The molecular weight excluding hydrogens is 400 g/mol. The number of ether oxygens (including phenoxy) is 1. The van der Waals surface area contributed by atoms with Crippen molar-refractivity contribution in [3.63, 3.8) is 0 Å². The Kier molecular flexibility index (Phi) is 6.63. The molecule has 168 valence electrons. The van der Waals surface area contributed by atoms with Gasteiger partial charge in [0, 0.05) is 17.3 Å². The van der Waals surface area contributed by atoms with Crippen LogP contribution in [0.5, 0.6) is 5.75 Å². The molecule has 1 N–H and O–H groups in total. The number of para-hydroxylation sites is 1. The van der Waals surface area contributed by atoms with E-state index in [0.717, 1.165) is 49.1 Å². The molecule has 1 heterocycles. The van der Waals surface area contributed by atoms with Crippen molar-refractivity contribution in [2.45, 2.75) is 63.5 Å². The zero-order chi connectivity index (χ0) is 22.6. The maximum Gasteiger partial charge on any atom is 0.251 e. The Bertz CT molecular complexity index is 992. The van der Waals surface area contributed by atoms with Crippen molar-refractivity contribution in [1.82, 2.24) is 5.32 Å². The normalized spacial score (nSPS) is 21.4. The van der Waals surface area contributed by atoms with Crippen LogP contribution in [-0.2, 0) is 16.0 Å². The highest BCUT2D eigenvalue weighted by Crippen LogP contribution is 2.40. The van der Waals surface area contributed by atoms with Crippen molar-refractivity contribution in [2.75, 3.05) is 12.0 Å². The standard InChI is InChI=1S/C27H32N2O3/c1-3-20-13-15-23(16-14-20)29-25(30)19-27(29,26(31)28-22-10-5-4-6-11-22)18-17-21-9-7-8-12-24(21)32-2/h7-9,12-18,22H,3-6,10-11,19H2,1-2H3,(H,28,31)/b18-17+/t27-/m0/s1. The van der Waals surface area contributed by atoms with Gasteiger partial charge in [0.15, 0.2) is 5.54 Å². The van der Waals surface area contributed by atoms with Crippen LogP contribution in [0.2, 0.25) is 0 Å². The second-order valence-corrected chi connectivity index (χ2v) is 8.73. The minimum Gasteiger partial charge on any atom is -0.496 e. The number of carbonyl (C=O) groups is 2. The largest absolute Gasteiger partial charge is 0.496 e. The first-order valence-electron chi connectivity index (χ1n) is 11.6. The molecule has 0 spiro atoms. The first-order chi connectivity index (χ1) is 15.6. The fourth-order valence-electron chi connectivity index (χ4n) is 4.76. The van der Waals surface area contributed by atoms with E-state index in [2.05, 4.69) is 12.2 Å². The Hall–Kier alpha value is -3.08. The zero-order valence-corrected chi connectivity index (χ0v) is 19.0. The highest BCUT2D eigenvalue weighted by atomic mass is 16.5. The van der Waals surface area contributed by atoms with Gasteiger partial charge in [0.2, 0.25) is 5.91 Å². The number of aryl methyl sites for hydroxylation is 1. The predicted molar refractivity (Wildman–Crippen MR) is 128 cm³/mol. The average Bonchev–Trinajstić information content (AvgIpc) is 2.82. The van der Waals surface area contributed by atoms with Crippen molar-refractivity contribution >= 4 is 23.6 Å². The number of rotatable bonds is 7. The summed E-state index contributed by atoms with van der Waals surface area (Å²) >= 11 is 0. The van der Waals surface area contributed by atoms with Gasteiger partial charge in [-0.15, -0.1) is 0 Å². The van der Waals surface area contributed by atoms with Gasteiger partial charge < -0.3 is 10.1 Å². The quantitative estimate of drug-likeness (QED) is 0.634. The predicted octanol–water partition coefficient (Wildman–Crippen LogP) is 4.90. The van der Waals surface area contributed by atoms with Crippen molar-refractivity contribution in [3.8, 4) is 5.75 Å². The number of amides is 2. The van der Waals surface area contributed by atoms with Crippen LogP contribution in [-0.4, -0.2) is 30.5 Å². The van der Waals surface area contributed by atoms with E-state index in [-0.39, 0.29) is 24.3 Å². The third kappa shape index (κ3) is 4.29. The number of nitrogens with zero attached hydrogens (tertiary/aromatic N) is 1. The fourth-order valence-corrected chi connectivity index (χ4v) is 4.76. The van der Waals surface area contributed by atoms with Gasteiger partial charge >= 0.3 is 0 Å². The van der Waals surface area contributed by atoms with E-state index in [9.17, 15) is 9.59 Å². The lowest BCUT2D eigenvalue weighted by Gasteiger charge is -2.49. The van der Waals surface area contributed by atoms with E-state index in [0.29, 0.717) is 0 Å². The average molecular weight is 433 g/mol. The molecule has 2 aliphatic rings. The molecule has 1 saturated carbocycles. The maximum atomic E-state index is 13.7. The molecule has 2 amide bonds. The van der Waals surface area contributed by atoms with Crippen LogP contribution in [0.3, 0.4) is 0 Å². The van der Waals surface area contributed by atoms with Crippen LogP contribution in [0.1, 0.15) is 56.6 Å². The smallest absolute Gasteiger partial charge is 0.251 e. The van der Waals surface area contributed by atoms with Gasteiger partial charge in [0.1, 0.15) is 5.75 Å². The summed E-state index contributed by atoms with van der Waals surface area (Å²) in [6, 6.07) is 15.8. The minimum absolute atomic E-state index is 0.0438. The second kappa shape index (κ2) is 9.60. The number of benzene rings is 2. The first kappa shape index (κ1) is 22.1. The lowest BCUT2D eigenvalue weighted by atomic mass is 9.80. The van der Waals surface area contributed by atoms with Gasteiger partial charge in [-0.05, 0) is 49.1 Å². The molecule has 2 aromatic carbocycles. The monoisotopic (exact) mass is 432 g/mol. The van der Waals surface area contributed by atoms with E-state index in [1.165, 1.54) is 12.0 Å². The van der Waals surface area contributed by atoms with Crippen LogP contribution >= 0.6 is 0 Å². The molecule has 2 fully saturated rings. The Labute approximate surface area is 190 Å². The first-order valence-corrected chi connectivity index (χ1v) is 11.6. The number of β-lactam (4-membered cyclic amide) rings is 1. The van der Waals surface area contributed by atoms with E-state index < -0.39 is 5.54 Å². The van der Waals surface area contributed by atoms with E-state index in [1.54, 1.807) is 12.0 Å². The topological polar surface area (TPSA) is 58.6 Å². The van der Waals surface area contributed by atoms with Crippen molar-refractivity contribution in [3.05, 3.63) is 65.7 Å². The highest BCUT2D eigenvalue weighted by Gasteiger charge is 2.55. The number of hydrogen-bond acceptors (Lipinski definition) is 3. The molecule has 4 rings (SSSR count). The Morgan fingerprint density at radius 1 is 1.12 bits per heavy atom. The van der Waals surface area contributed by atoms with Crippen LogP contribution in [0, 0.1) is 0 Å². The minimum atomic E-state index is -1.04. The summed E-state index contributed by atoms with van der Waals surface area (Å²) in [5, 5.41) is 3.25. The lowest BCUT2D eigenvalue weighted by molar-refractivity contribution is -0.137. The zero-order valence-electron chi connectivity index (χ0n) is 19.0. The molecule has 1 saturated heterocycles. The molecule has 32 heavy (non-hydrogen) atoms. The van der Waals surface area contributed by atoms with Gasteiger partial charge in [-0.1, -0.05) is 62.6 Å². The van der Waals surface area contributed by atoms with Gasteiger partial charge in [0.05, 0.1) is 13.5 Å². The van der Waals surface area contributed by atoms with E-state index in [1.807, 2.05) is 60.7 Å². The number of nitrogens with one attached hydrogen (secondary N) is 1. The van der Waals surface area contributed by atoms with Gasteiger partial charge in [-0.3, -0.25) is 14.5 Å². The molecular formula is C27H32N2O3. The molecule has 0 radical (unpaired) electrons. The van der Waals surface area contributed by atoms with Crippen molar-refractivity contribution in [2.24, 2.45) is 0 Å². The van der Waals surface area contributed by atoms with E-state index in [4.69, 9.17) is 4.74 Å². The Morgan fingerprint density at radius 3 is 2.50 bits per heavy atom. The molecule has 5 heteroatoms. The number of anilines is 1.